The Hall–Kier alpha value is -0.0800. The Morgan fingerprint density at radius 1 is 1.75 bits per heavy atom. The van der Waals surface area contributed by atoms with E-state index in [1.165, 1.54) is 6.42 Å². The van der Waals surface area contributed by atoms with Crippen LogP contribution in [0.2, 0.25) is 0 Å². The van der Waals surface area contributed by atoms with Gasteiger partial charge in [0.2, 0.25) is 0 Å². The maximum Gasteiger partial charge on any atom is 0.0174 e. The summed E-state index contributed by atoms with van der Waals surface area (Å²) in [7, 11) is 2.00. The molecular weight excluding hydrogens is 100 g/mol. The topological polar surface area (TPSA) is 26.1 Å². The zero-order valence-corrected chi connectivity index (χ0v) is 5.35. The molecule has 0 saturated carbocycles. The second kappa shape index (κ2) is 3.05. The lowest BCUT2D eigenvalue weighted by atomic mass is 10.1. The second-order valence-corrected chi connectivity index (χ2v) is 2.34. The van der Waals surface area contributed by atoms with Crippen molar-refractivity contribution < 1.29 is 0 Å². The predicted octanol–water partition coefficient (Wildman–Crippen LogP) is -0.170. The van der Waals surface area contributed by atoms with Crippen LogP contribution >= 0.6 is 0 Å². The first-order valence-electron chi connectivity index (χ1n) is 3.21. The van der Waals surface area contributed by atoms with Crippen molar-refractivity contribution in [3.05, 3.63) is 0 Å². The fourth-order valence-electron chi connectivity index (χ4n) is 1.09. The fraction of sp³-hybridized carbons (Fsp3) is 1.00. The summed E-state index contributed by atoms with van der Waals surface area (Å²) in [5, 5.41) is 7.39. The Morgan fingerprint density at radius 3 is 3.12 bits per heavy atom. The Labute approximate surface area is 50.7 Å². The first kappa shape index (κ1) is 6.05. The zero-order chi connectivity index (χ0) is 5.82. The third-order valence-corrected chi connectivity index (χ3v) is 1.58. The van der Waals surface area contributed by atoms with Crippen molar-refractivity contribution in [1.82, 2.24) is 10.6 Å². The summed E-state index contributed by atoms with van der Waals surface area (Å²) in [6, 6.07) is 0. The van der Waals surface area contributed by atoms with E-state index < -0.39 is 0 Å². The molecule has 2 nitrogen and oxygen atoms in total. The molecular formula is C6H13N2. The summed E-state index contributed by atoms with van der Waals surface area (Å²) in [5.41, 5.74) is 0. The molecule has 2 heteroatoms. The normalized spacial score (nSPS) is 28.9. The first-order valence-corrected chi connectivity index (χ1v) is 3.21. The zero-order valence-electron chi connectivity index (χ0n) is 5.35. The number of nitrogens with zero attached hydrogens (tertiary/aromatic N) is 1. The van der Waals surface area contributed by atoms with E-state index in [2.05, 4.69) is 10.6 Å². The molecule has 0 aromatic heterocycles. The highest BCUT2D eigenvalue weighted by Crippen LogP contribution is 2.05. The van der Waals surface area contributed by atoms with Gasteiger partial charge in [-0.3, -0.25) is 0 Å². The maximum absolute atomic E-state index is 4.24. The minimum Gasteiger partial charge on any atom is -0.319 e. The monoisotopic (exact) mass is 113 g/mol. The van der Waals surface area contributed by atoms with Gasteiger partial charge in [0, 0.05) is 13.1 Å². The van der Waals surface area contributed by atoms with Crippen LogP contribution in [0.15, 0.2) is 0 Å². The highest BCUT2D eigenvalue weighted by atomic mass is 14.9. The summed E-state index contributed by atoms with van der Waals surface area (Å²) in [5.74, 6) is 0.833. The van der Waals surface area contributed by atoms with Crippen LogP contribution in [0.1, 0.15) is 6.42 Å². The molecule has 0 amide bonds. The summed E-state index contributed by atoms with van der Waals surface area (Å²) < 4.78 is 0. The van der Waals surface area contributed by atoms with Gasteiger partial charge < -0.3 is 5.32 Å². The van der Waals surface area contributed by atoms with Gasteiger partial charge in [-0.1, -0.05) is 0 Å². The van der Waals surface area contributed by atoms with Crippen molar-refractivity contribution in [2.45, 2.75) is 6.42 Å². The molecule has 1 radical (unpaired) electrons. The van der Waals surface area contributed by atoms with E-state index in [1.807, 2.05) is 7.05 Å². The molecule has 1 heterocycles. The van der Waals surface area contributed by atoms with Crippen molar-refractivity contribution >= 4 is 0 Å². The van der Waals surface area contributed by atoms with Crippen LogP contribution in [-0.4, -0.2) is 26.7 Å². The van der Waals surface area contributed by atoms with Crippen LogP contribution in [0.5, 0.6) is 0 Å². The standard InChI is InChI=1S/C6H13N2/c1-7-4-6-2-3-8-5-6/h6-7H,2-5H2,1H3. The van der Waals surface area contributed by atoms with Crippen LogP contribution < -0.4 is 10.6 Å². The van der Waals surface area contributed by atoms with E-state index in [0.717, 1.165) is 25.6 Å². The van der Waals surface area contributed by atoms with Gasteiger partial charge in [-0.2, -0.15) is 0 Å². The van der Waals surface area contributed by atoms with Crippen LogP contribution in [-0.2, 0) is 0 Å². The molecule has 0 aromatic rings. The Bertz CT molecular complexity index is 57.5. The molecule has 1 aliphatic heterocycles. The molecule has 0 aromatic carbocycles. The molecule has 1 atom stereocenters. The van der Waals surface area contributed by atoms with Gasteiger partial charge in [0.05, 0.1) is 0 Å². The van der Waals surface area contributed by atoms with Gasteiger partial charge in [0.15, 0.2) is 0 Å². The highest BCUT2D eigenvalue weighted by molar-refractivity contribution is 4.71. The average Bonchev–Trinajstić information content (AvgIpc) is 2.19. The predicted molar refractivity (Wildman–Crippen MR) is 33.9 cm³/mol. The van der Waals surface area contributed by atoms with Gasteiger partial charge in [-0.15, -0.1) is 0 Å². The lowest BCUT2D eigenvalue weighted by Gasteiger charge is -2.03. The number of nitrogens with one attached hydrogen (secondary N) is 1. The number of hydrogen-bond donors (Lipinski definition) is 1. The molecule has 1 unspecified atom stereocenters. The lowest BCUT2D eigenvalue weighted by Crippen LogP contribution is -2.19. The maximum atomic E-state index is 4.24. The Kier molecular flexibility index (Phi) is 2.30. The van der Waals surface area contributed by atoms with E-state index in [4.69, 9.17) is 0 Å². The van der Waals surface area contributed by atoms with Gasteiger partial charge in [-0.25, -0.2) is 5.32 Å². The highest BCUT2D eigenvalue weighted by Gasteiger charge is 2.13. The van der Waals surface area contributed by atoms with Gasteiger partial charge in [-0.05, 0) is 25.9 Å². The Balaban J connectivity index is 2.06. The molecule has 0 spiro atoms. The summed E-state index contributed by atoms with van der Waals surface area (Å²) in [6.07, 6.45) is 1.29. The third kappa shape index (κ3) is 1.46. The van der Waals surface area contributed by atoms with Crippen LogP contribution in [0.25, 0.3) is 0 Å². The van der Waals surface area contributed by atoms with Gasteiger partial charge in [0.1, 0.15) is 0 Å². The van der Waals surface area contributed by atoms with Gasteiger partial charge in [0.25, 0.3) is 0 Å². The molecule has 1 aliphatic rings. The van der Waals surface area contributed by atoms with E-state index in [1.54, 1.807) is 0 Å². The van der Waals surface area contributed by atoms with E-state index in [0.29, 0.717) is 0 Å². The summed E-state index contributed by atoms with van der Waals surface area (Å²) in [4.78, 5) is 0. The molecule has 0 aliphatic carbocycles. The van der Waals surface area contributed by atoms with E-state index in [9.17, 15) is 0 Å². The molecule has 8 heavy (non-hydrogen) atoms. The number of rotatable bonds is 2. The molecule has 1 saturated heterocycles. The minimum atomic E-state index is 0.833. The largest absolute Gasteiger partial charge is 0.319 e. The average molecular weight is 113 g/mol. The van der Waals surface area contributed by atoms with Crippen molar-refractivity contribution in [1.29, 1.82) is 0 Å². The fourth-order valence-corrected chi connectivity index (χ4v) is 1.09. The first-order chi connectivity index (χ1) is 3.93. The van der Waals surface area contributed by atoms with Crippen LogP contribution in [0.3, 0.4) is 0 Å². The Morgan fingerprint density at radius 2 is 2.62 bits per heavy atom. The molecule has 0 bridgehead atoms. The molecule has 1 fully saturated rings. The van der Waals surface area contributed by atoms with Crippen molar-refractivity contribution in [2.75, 3.05) is 26.7 Å². The van der Waals surface area contributed by atoms with E-state index in [-0.39, 0.29) is 0 Å². The molecule has 47 valence electrons. The summed E-state index contributed by atoms with van der Waals surface area (Å²) >= 11 is 0. The van der Waals surface area contributed by atoms with Gasteiger partial charge >= 0.3 is 0 Å². The SMILES string of the molecule is CNCC1CC[N]C1. The van der Waals surface area contributed by atoms with Crippen LogP contribution in [0.4, 0.5) is 0 Å². The second-order valence-electron chi connectivity index (χ2n) is 2.34. The molecule has 1 rings (SSSR count). The minimum absolute atomic E-state index is 0.833. The lowest BCUT2D eigenvalue weighted by molar-refractivity contribution is 0.543. The van der Waals surface area contributed by atoms with Crippen molar-refractivity contribution in [3.63, 3.8) is 0 Å². The third-order valence-electron chi connectivity index (χ3n) is 1.58. The van der Waals surface area contributed by atoms with E-state index >= 15 is 0 Å². The number of hydrogen-bond acceptors (Lipinski definition) is 1. The van der Waals surface area contributed by atoms with Crippen LogP contribution in [0, 0.1) is 5.92 Å². The smallest absolute Gasteiger partial charge is 0.0174 e. The summed E-state index contributed by atoms with van der Waals surface area (Å²) in [6.45, 7) is 3.32. The van der Waals surface area contributed by atoms with Crippen molar-refractivity contribution in [2.24, 2.45) is 5.92 Å². The quantitative estimate of drug-likeness (QED) is 0.528. The molecule has 1 N–H and O–H groups in total. The van der Waals surface area contributed by atoms with Crippen molar-refractivity contribution in [3.8, 4) is 0 Å².